The minimum Gasteiger partial charge on any atom is -0.337 e. The molecule has 0 spiro atoms. The van der Waals surface area contributed by atoms with Crippen molar-refractivity contribution >= 4 is 22.5 Å². The number of aryl methyl sites for hydroxylation is 2. The van der Waals surface area contributed by atoms with Crippen molar-refractivity contribution in [3.63, 3.8) is 0 Å². The van der Waals surface area contributed by atoms with E-state index in [4.69, 9.17) is 11.6 Å². The van der Waals surface area contributed by atoms with Crippen molar-refractivity contribution in [2.75, 3.05) is 0 Å². The highest BCUT2D eigenvalue weighted by atomic mass is 35.5. The van der Waals surface area contributed by atoms with Crippen LogP contribution >= 0.6 is 11.6 Å². The molecule has 172 valence electrons. The third kappa shape index (κ3) is 3.73. The second-order valence-corrected chi connectivity index (χ2v) is 9.34. The summed E-state index contributed by atoms with van der Waals surface area (Å²) in [7, 11) is 3.76. The van der Waals surface area contributed by atoms with Gasteiger partial charge in [0.25, 0.3) is 5.56 Å². The molecular weight excluding hydrogens is 456 g/mol. The van der Waals surface area contributed by atoms with Gasteiger partial charge in [0.2, 0.25) is 0 Å². The van der Waals surface area contributed by atoms with Crippen LogP contribution in [0.25, 0.3) is 22.0 Å². The summed E-state index contributed by atoms with van der Waals surface area (Å²) >= 11 is 6.21. The maximum Gasteiger partial charge on any atom is 0.251 e. The molecule has 0 radical (unpaired) electrons. The van der Waals surface area contributed by atoms with E-state index in [1.165, 1.54) is 0 Å². The van der Waals surface area contributed by atoms with Gasteiger partial charge < -0.3 is 9.13 Å². The van der Waals surface area contributed by atoms with Gasteiger partial charge in [-0.2, -0.15) is 5.26 Å². The molecule has 5 rings (SSSR count). The highest BCUT2D eigenvalue weighted by Crippen LogP contribution is 2.41. The lowest BCUT2D eigenvalue weighted by Crippen LogP contribution is -2.28. The molecule has 0 amide bonds. The van der Waals surface area contributed by atoms with Gasteiger partial charge in [0.15, 0.2) is 0 Å². The SMILES string of the molecule is Cn1cncc1[C@@](C)(c1ccc(Cl)cc1)c1ccc2c(c1)c(-c1cccc(C#N)c1)cc(=O)n2C. The first-order valence-corrected chi connectivity index (χ1v) is 11.6. The molecule has 0 aliphatic heterocycles. The smallest absolute Gasteiger partial charge is 0.251 e. The molecular formula is C29H23ClN4O. The number of hydrogen-bond acceptors (Lipinski definition) is 3. The van der Waals surface area contributed by atoms with Gasteiger partial charge >= 0.3 is 0 Å². The molecule has 35 heavy (non-hydrogen) atoms. The maximum atomic E-state index is 12.8. The fourth-order valence-electron chi connectivity index (χ4n) is 4.85. The Hall–Kier alpha value is -4.14. The predicted molar refractivity (Wildman–Crippen MR) is 140 cm³/mol. The quantitative estimate of drug-likeness (QED) is 0.327. The number of pyridine rings is 1. The monoisotopic (exact) mass is 478 g/mol. The van der Waals surface area contributed by atoms with Gasteiger partial charge in [0.1, 0.15) is 0 Å². The molecule has 0 unspecified atom stereocenters. The average molecular weight is 479 g/mol. The summed E-state index contributed by atoms with van der Waals surface area (Å²) < 4.78 is 3.68. The molecule has 0 aliphatic carbocycles. The molecule has 0 N–H and O–H groups in total. The lowest BCUT2D eigenvalue weighted by atomic mass is 9.73. The Bertz CT molecular complexity index is 1670. The topological polar surface area (TPSA) is 63.6 Å². The molecule has 0 saturated carbocycles. The maximum absolute atomic E-state index is 12.8. The largest absolute Gasteiger partial charge is 0.337 e. The van der Waals surface area contributed by atoms with Crippen molar-refractivity contribution in [3.8, 4) is 17.2 Å². The van der Waals surface area contributed by atoms with E-state index >= 15 is 0 Å². The molecule has 5 nitrogen and oxygen atoms in total. The average Bonchev–Trinajstić information content (AvgIpc) is 3.32. The third-order valence-electron chi connectivity index (χ3n) is 6.88. The summed E-state index contributed by atoms with van der Waals surface area (Å²) in [6.07, 6.45) is 3.68. The van der Waals surface area contributed by atoms with E-state index < -0.39 is 5.41 Å². The molecule has 1 atom stereocenters. The second-order valence-electron chi connectivity index (χ2n) is 8.90. The van der Waals surface area contributed by atoms with Crippen molar-refractivity contribution in [3.05, 3.63) is 123 Å². The lowest BCUT2D eigenvalue weighted by Gasteiger charge is -2.32. The molecule has 3 aromatic carbocycles. The van der Waals surface area contributed by atoms with Crippen molar-refractivity contribution in [2.45, 2.75) is 12.3 Å². The predicted octanol–water partition coefficient (Wildman–Crippen LogP) is 5.82. The van der Waals surface area contributed by atoms with Crippen LogP contribution in [0, 0.1) is 11.3 Å². The van der Waals surface area contributed by atoms with Crippen LogP contribution in [0.2, 0.25) is 5.02 Å². The number of aromatic nitrogens is 3. The highest BCUT2D eigenvalue weighted by Gasteiger charge is 2.34. The van der Waals surface area contributed by atoms with Gasteiger partial charge in [-0.25, -0.2) is 4.98 Å². The van der Waals surface area contributed by atoms with Crippen LogP contribution in [0.5, 0.6) is 0 Å². The molecule has 0 saturated heterocycles. The number of rotatable bonds is 4. The van der Waals surface area contributed by atoms with Gasteiger partial charge in [-0.3, -0.25) is 4.79 Å². The standard InChI is InChI=1S/C29H23ClN4O/c1-29(27-17-32-18-33(27)2,21-7-10-23(30)11-8-21)22-9-12-26-25(14-22)24(15-28(35)34(26)3)20-6-4-5-19(13-20)16-31/h4-15,17-18H,1-3H3/t29-/m0/s1. The lowest BCUT2D eigenvalue weighted by molar-refractivity contribution is 0.626. The first kappa shape index (κ1) is 22.6. The van der Waals surface area contributed by atoms with E-state index in [2.05, 4.69) is 30.1 Å². The molecule has 2 aromatic heterocycles. The number of fused-ring (bicyclic) bond motifs is 1. The van der Waals surface area contributed by atoms with E-state index in [-0.39, 0.29) is 5.56 Å². The van der Waals surface area contributed by atoms with E-state index in [9.17, 15) is 10.1 Å². The summed E-state index contributed by atoms with van der Waals surface area (Å²) in [5, 5.41) is 11.0. The molecule has 0 fully saturated rings. The number of hydrogen-bond donors (Lipinski definition) is 0. The van der Waals surface area contributed by atoms with Crippen LogP contribution in [0.3, 0.4) is 0 Å². The van der Waals surface area contributed by atoms with Crippen LogP contribution in [0.1, 0.15) is 29.3 Å². The zero-order valence-corrected chi connectivity index (χ0v) is 20.4. The Kier molecular flexibility index (Phi) is 5.55. The third-order valence-corrected chi connectivity index (χ3v) is 7.13. The van der Waals surface area contributed by atoms with Gasteiger partial charge in [-0.05, 0) is 65.6 Å². The molecule has 6 heteroatoms. The second kappa shape index (κ2) is 8.57. The van der Waals surface area contributed by atoms with E-state index in [1.807, 2.05) is 66.3 Å². The number of imidazole rings is 1. The summed E-state index contributed by atoms with van der Waals surface area (Å²) in [5.74, 6) is 0. The highest BCUT2D eigenvalue weighted by molar-refractivity contribution is 6.30. The van der Waals surface area contributed by atoms with Crippen molar-refractivity contribution in [1.29, 1.82) is 5.26 Å². The summed E-state index contributed by atoms with van der Waals surface area (Å²) in [6, 6.07) is 25.3. The van der Waals surface area contributed by atoms with Gasteiger partial charge in [0.05, 0.1) is 34.6 Å². The van der Waals surface area contributed by atoms with Crippen LogP contribution in [0.4, 0.5) is 0 Å². The van der Waals surface area contributed by atoms with Crippen molar-refractivity contribution in [2.24, 2.45) is 14.1 Å². The zero-order valence-electron chi connectivity index (χ0n) is 19.7. The summed E-state index contributed by atoms with van der Waals surface area (Å²) in [6.45, 7) is 2.17. The van der Waals surface area contributed by atoms with Crippen molar-refractivity contribution < 1.29 is 0 Å². The van der Waals surface area contributed by atoms with E-state index in [1.54, 1.807) is 30.1 Å². The summed E-state index contributed by atoms with van der Waals surface area (Å²) in [4.78, 5) is 17.2. The Labute approximate surface area is 208 Å². The fourth-order valence-corrected chi connectivity index (χ4v) is 4.98. The molecule has 5 aromatic rings. The Morgan fingerprint density at radius 2 is 1.71 bits per heavy atom. The van der Waals surface area contributed by atoms with E-state index in [0.717, 1.165) is 38.9 Å². The number of halogens is 1. The Morgan fingerprint density at radius 1 is 0.971 bits per heavy atom. The first-order chi connectivity index (χ1) is 16.8. The minimum absolute atomic E-state index is 0.102. The van der Waals surface area contributed by atoms with Crippen LogP contribution < -0.4 is 5.56 Å². The first-order valence-electron chi connectivity index (χ1n) is 11.2. The van der Waals surface area contributed by atoms with Gasteiger partial charge in [-0.1, -0.05) is 41.9 Å². The normalized spacial score (nSPS) is 12.9. The van der Waals surface area contributed by atoms with Crippen LogP contribution in [-0.4, -0.2) is 14.1 Å². The van der Waals surface area contributed by atoms with Crippen molar-refractivity contribution in [1.82, 2.24) is 14.1 Å². The Balaban J connectivity index is 1.84. The van der Waals surface area contributed by atoms with Gasteiger partial charge in [0, 0.05) is 36.8 Å². The fraction of sp³-hybridized carbons (Fsp3) is 0.138. The molecule has 0 bridgehead atoms. The summed E-state index contributed by atoms with van der Waals surface area (Å²) in [5.41, 5.74) is 5.50. The Morgan fingerprint density at radius 3 is 2.40 bits per heavy atom. The molecule has 2 heterocycles. The number of benzene rings is 3. The van der Waals surface area contributed by atoms with E-state index in [0.29, 0.717) is 10.6 Å². The zero-order chi connectivity index (χ0) is 24.7. The van der Waals surface area contributed by atoms with Crippen LogP contribution in [0.15, 0.2) is 90.1 Å². The number of nitriles is 1. The minimum atomic E-state index is -0.537. The van der Waals surface area contributed by atoms with Crippen LogP contribution in [-0.2, 0) is 19.5 Å². The molecule has 0 aliphatic rings. The number of nitrogens with zero attached hydrogens (tertiary/aromatic N) is 4. The van der Waals surface area contributed by atoms with Gasteiger partial charge in [-0.15, -0.1) is 0 Å².